The third kappa shape index (κ3) is 3.68. The van der Waals surface area contributed by atoms with E-state index in [1.54, 1.807) is 13.0 Å². The molecule has 0 aliphatic carbocycles. The van der Waals surface area contributed by atoms with Crippen molar-refractivity contribution >= 4 is 5.78 Å². The fraction of sp³-hybridized carbons (Fsp3) is 0.235. The Hall–Kier alpha value is -2.13. The predicted octanol–water partition coefficient (Wildman–Crippen LogP) is 3.15. The fourth-order valence-electron chi connectivity index (χ4n) is 1.95. The van der Waals surface area contributed by atoms with Gasteiger partial charge in [0.2, 0.25) is 0 Å². The summed E-state index contributed by atoms with van der Waals surface area (Å²) >= 11 is 0. The van der Waals surface area contributed by atoms with Gasteiger partial charge in [-0.3, -0.25) is 4.79 Å². The number of Topliss-reactive ketones (excluding diaryl/α,β-unsaturated/α-hetero) is 1. The van der Waals surface area contributed by atoms with Gasteiger partial charge in [0.05, 0.1) is 0 Å². The number of carbonyl (C=O) groups excluding carboxylic acids is 1. The number of ether oxygens (including phenoxy) is 1. The van der Waals surface area contributed by atoms with Gasteiger partial charge in [0.15, 0.2) is 5.78 Å². The molecular formula is C17H19NO2. The van der Waals surface area contributed by atoms with Crippen molar-refractivity contribution in [2.75, 3.05) is 20.2 Å². The monoisotopic (exact) mass is 269 g/mol. The quantitative estimate of drug-likeness (QED) is 0.646. The molecule has 0 saturated carbocycles. The Labute approximate surface area is 119 Å². The molecule has 0 radical (unpaired) electrons. The number of carbonyl (C=O) groups is 1. The number of rotatable bonds is 6. The zero-order chi connectivity index (χ0) is 14.4. The summed E-state index contributed by atoms with van der Waals surface area (Å²) in [5, 5.41) is 3.03. The van der Waals surface area contributed by atoms with Gasteiger partial charge in [-0.05, 0) is 43.3 Å². The van der Waals surface area contributed by atoms with Gasteiger partial charge in [-0.1, -0.05) is 30.3 Å². The summed E-state index contributed by atoms with van der Waals surface area (Å²) in [7, 11) is 1.88. The topological polar surface area (TPSA) is 38.3 Å². The lowest BCUT2D eigenvalue weighted by atomic mass is 10.0. The van der Waals surface area contributed by atoms with Crippen molar-refractivity contribution in [2.24, 2.45) is 0 Å². The van der Waals surface area contributed by atoms with E-state index in [0.29, 0.717) is 12.2 Å². The van der Waals surface area contributed by atoms with Gasteiger partial charge < -0.3 is 10.1 Å². The largest absolute Gasteiger partial charge is 0.492 e. The Morgan fingerprint density at radius 1 is 1.10 bits per heavy atom. The molecule has 0 bridgehead atoms. The van der Waals surface area contributed by atoms with Crippen LogP contribution in [-0.2, 0) is 0 Å². The van der Waals surface area contributed by atoms with Crippen LogP contribution in [0.3, 0.4) is 0 Å². The van der Waals surface area contributed by atoms with Crippen molar-refractivity contribution in [3.63, 3.8) is 0 Å². The van der Waals surface area contributed by atoms with Crippen LogP contribution in [0, 0.1) is 0 Å². The second-order valence-corrected chi connectivity index (χ2v) is 4.62. The lowest BCUT2D eigenvalue weighted by Gasteiger charge is -2.10. The Balaban J connectivity index is 2.34. The lowest BCUT2D eigenvalue weighted by molar-refractivity contribution is 0.101. The van der Waals surface area contributed by atoms with Crippen molar-refractivity contribution in [3.8, 4) is 16.9 Å². The van der Waals surface area contributed by atoms with Crippen LogP contribution in [0.4, 0.5) is 0 Å². The van der Waals surface area contributed by atoms with Crippen LogP contribution in [0.15, 0.2) is 48.5 Å². The van der Waals surface area contributed by atoms with E-state index in [0.717, 1.165) is 23.4 Å². The number of nitrogens with one attached hydrogen (secondary N) is 1. The predicted molar refractivity (Wildman–Crippen MR) is 81.3 cm³/mol. The average Bonchev–Trinajstić information content (AvgIpc) is 2.48. The Morgan fingerprint density at radius 2 is 1.85 bits per heavy atom. The molecule has 0 aromatic heterocycles. The first-order chi connectivity index (χ1) is 9.70. The minimum absolute atomic E-state index is 0.0428. The van der Waals surface area contributed by atoms with E-state index in [1.165, 1.54) is 0 Å². The maximum Gasteiger partial charge on any atom is 0.159 e. The van der Waals surface area contributed by atoms with E-state index < -0.39 is 0 Å². The van der Waals surface area contributed by atoms with Crippen molar-refractivity contribution < 1.29 is 9.53 Å². The first-order valence-corrected chi connectivity index (χ1v) is 6.69. The molecule has 0 saturated heterocycles. The molecule has 0 heterocycles. The second-order valence-electron chi connectivity index (χ2n) is 4.62. The van der Waals surface area contributed by atoms with Crippen LogP contribution in [0.5, 0.6) is 5.75 Å². The van der Waals surface area contributed by atoms with Crippen LogP contribution >= 0.6 is 0 Å². The molecule has 2 rings (SSSR count). The van der Waals surface area contributed by atoms with Gasteiger partial charge in [0, 0.05) is 12.1 Å². The van der Waals surface area contributed by atoms with Crippen LogP contribution in [0.25, 0.3) is 11.1 Å². The lowest BCUT2D eigenvalue weighted by Crippen LogP contribution is -2.16. The second kappa shape index (κ2) is 6.87. The number of ketones is 1. The Bertz CT molecular complexity index is 579. The van der Waals surface area contributed by atoms with E-state index in [2.05, 4.69) is 5.32 Å². The summed E-state index contributed by atoms with van der Waals surface area (Å²) in [4.78, 5) is 11.6. The standard InChI is InChI=1S/C17H19NO2/c1-13(19)15-10-16(14-6-4-3-5-7-14)12-17(11-15)20-9-8-18-2/h3-7,10-12,18H,8-9H2,1-2H3. The summed E-state index contributed by atoms with van der Waals surface area (Å²) < 4.78 is 5.68. The van der Waals surface area contributed by atoms with E-state index in [1.807, 2.05) is 49.5 Å². The minimum Gasteiger partial charge on any atom is -0.492 e. The molecule has 0 unspecified atom stereocenters. The van der Waals surface area contributed by atoms with Crippen LogP contribution in [0.2, 0.25) is 0 Å². The van der Waals surface area contributed by atoms with Crippen molar-refractivity contribution in [1.82, 2.24) is 5.32 Å². The molecule has 2 aromatic carbocycles. The molecule has 1 N–H and O–H groups in total. The molecular weight excluding hydrogens is 250 g/mol. The number of likely N-dealkylation sites (N-methyl/N-ethyl adjacent to an activating group) is 1. The summed E-state index contributed by atoms with van der Waals surface area (Å²) in [5.41, 5.74) is 2.75. The van der Waals surface area contributed by atoms with Gasteiger partial charge >= 0.3 is 0 Å². The first kappa shape index (κ1) is 14.3. The highest BCUT2D eigenvalue weighted by Crippen LogP contribution is 2.26. The highest BCUT2D eigenvalue weighted by Gasteiger charge is 2.07. The summed E-state index contributed by atoms with van der Waals surface area (Å²) in [6, 6.07) is 15.7. The molecule has 20 heavy (non-hydrogen) atoms. The van der Waals surface area contributed by atoms with Gasteiger partial charge in [0.25, 0.3) is 0 Å². The number of hydrogen-bond donors (Lipinski definition) is 1. The van der Waals surface area contributed by atoms with Crippen molar-refractivity contribution in [2.45, 2.75) is 6.92 Å². The van der Waals surface area contributed by atoms with E-state index in [4.69, 9.17) is 4.74 Å². The zero-order valence-corrected chi connectivity index (χ0v) is 11.8. The van der Waals surface area contributed by atoms with Gasteiger partial charge in [-0.15, -0.1) is 0 Å². The smallest absolute Gasteiger partial charge is 0.159 e. The first-order valence-electron chi connectivity index (χ1n) is 6.69. The molecule has 3 nitrogen and oxygen atoms in total. The fourth-order valence-corrected chi connectivity index (χ4v) is 1.95. The highest BCUT2D eigenvalue weighted by molar-refractivity contribution is 5.95. The van der Waals surface area contributed by atoms with Crippen LogP contribution in [0.1, 0.15) is 17.3 Å². The molecule has 3 heteroatoms. The van der Waals surface area contributed by atoms with E-state index in [-0.39, 0.29) is 5.78 Å². The zero-order valence-electron chi connectivity index (χ0n) is 11.8. The molecule has 2 aromatic rings. The molecule has 0 spiro atoms. The van der Waals surface area contributed by atoms with Gasteiger partial charge in [0.1, 0.15) is 12.4 Å². The Kier molecular flexibility index (Phi) is 4.91. The summed E-state index contributed by atoms with van der Waals surface area (Å²) in [6.45, 7) is 2.92. The van der Waals surface area contributed by atoms with E-state index >= 15 is 0 Å². The molecule has 0 amide bonds. The maximum absolute atomic E-state index is 11.6. The summed E-state index contributed by atoms with van der Waals surface area (Å²) in [6.07, 6.45) is 0. The van der Waals surface area contributed by atoms with Crippen molar-refractivity contribution in [1.29, 1.82) is 0 Å². The van der Waals surface area contributed by atoms with Crippen LogP contribution in [-0.4, -0.2) is 26.0 Å². The average molecular weight is 269 g/mol. The minimum atomic E-state index is 0.0428. The third-order valence-corrected chi connectivity index (χ3v) is 3.04. The molecule has 104 valence electrons. The van der Waals surface area contributed by atoms with Crippen molar-refractivity contribution in [3.05, 3.63) is 54.1 Å². The molecule has 0 aliphatic rings. The highest BCUT2D eigenvalue weighted by atomic mass is 16.5. The summed E-state index contributed by atoms with van der Waals surface area (Å²) in [5.74, 6) is 0.771. The number of benzene rings is 2. The number of hydrogen-bond acceptors (Lipinski definition) is 3. The molecule has 0 fully saturated rings. The van der Waals surface area contributed by atoms with Gasteiger partial charge in [-0.2, -0.15) is 0 Å². The van der Waals surface area contributed by atoms with Crippen LogP contribution < -0.4 is 10.1 Å². The van der Waals surface area contributed by atoms with E-state index in [9.17, 15) is 4.79 Å². The molecule has 0 atom stereocenters. The maximum atomic E-state index is 11.6. The Morgan fingerprint density at radius 3 is 2.50 bits per heavy atom. The normalized spacial score (nSPS) is 10.3. The van der Waals surface area contributed by atoms with Gasteiger partial charge in [-0.25, -0.2) is 0 Å². The SMILES string of the molecule is CNCCOc1cc(C(C)=O)cc(-c2ccccc2)c1. The third-order valence-electron chi connectivity index (χ3n) is 3.04. The molecule has 0 aliphatic heterocycles.